The number of benzene rings is 2. The van der Waals surface area contributed by atoms with Gasteiger partial charge in [-0.25, -0.2) is 4.68 Å². The molecule has 9 heteroatoms. The first-order valence-corrected chi connectivity index (χ1v) is 10.1. The minimum absolute atomic E-state index is 0.166. The van der Waals surface area contributed by atoms with Crippen LogP contribution in [-0.2, 0) is 13.1 Å². The van der Waals surface area contributed by atoms with E-state index in [-0.39, 0.29) is 18.3 Å². The molecule has 30 heavy (non-hydrogen) atoms. The van der Waals surface area contributed by atoms with E-state index in [0.29, 0.717) is 40.4 Å². The lowest BCUT2D eigenvalue weighted by atomic mass is 10.1. The van der Waals surface area contributed by atoms with Crippen LogP contribution in [0.25, 0.3) is 10.2 Å². The number of carbonyl (C=O) groups excluding carboxylic acids is 1. The van der Waals surface area contributed by atoms with Gasteiger partial charge in [0.2, 0.25) is 6.79 Å². The molecular formula is C21H16N4O4S. The Morgan fingerprint density at radius 2 is 1.87 bits per heavy atom. The van der Waals surface area contributed by atoms with E-state index >= 15 is 0 Å². The molecule has 0 saturated carbocycles. The van der Waals surface area contributed by atoms with E-state index in [1.807, 2.05) is 35.7 Å². The Bertz CT molecular complexity index is 1300. The highest BCUT2D eigenvalue weighted by molar-refractivity contribution is 7.17. The summed E-state index contributed by atoms with van der Waals surface area (Å²) in [5.74, 6) is 1.21. The Kier molecular flexibility index (Phi) is 4.64. The summed E-state index contributed by atoms with van der Waals surface area (Å²) in [6, 6.07) is 14.4. The maximum atomic E-state index is 12.4. The first kappa shape index (κ1) is 18.3. The molecule has 0 radical (unpaired) electrons. The number of nitrogens with one attached hydrogen (secondary N) is 1. The van der Waals surface area contributed by atoms with Crippen molar-refractivity contribution in [3.63, 3.8) is 0 Å². The van der Waals surface area contributed by atoms with Crippen molar-refractivity contribution >= 4 is 27.5 Å². The molecular weight excluding hydrogens is 404 g/mol. The second-order valence-electron chi connectivity index (χ2n) is 6.75. The minimum atomic E-state index is -0.184. The molecule has 8 nitrogen and oxygen atoms in total. The molecule has 4 aromatic rings. The third-order valence-corrected chi connectivity index (χ3v) is 5.66. The van der Waals surface area contributed by atoms with Crippen LogP contribution in [0, 0.1) is 0 Å². The van der Waals surface area contributed by atoms with Crippen LogP contribution in [0.3, 0.4) is 0 Å². The minimum Gasteiger partial charge on any atom is -0.454 e. The predicted molar refractivity (Wildman–Crippen MR) is 111 cm³/mol. The zero-order valence-corrected chi connectivity index (χ0v) is 16.5. The number of carbonyl (C=O) groups is 1. The van der Waals surface area contributed by atoms with Crippen LogP contribution in [0.15, 0.2) is 58.7 Å². The molecule has 5 rings (SSSR count). The normalized spacial score (nSPS) is 12.3. The number of hydrogen-bond donors (Lipinski definition) is 1. The molecule has 3 heterocycles. The lowest BCUT2D eigenvalue weighted by Gasteiger charge is -2.08. The molecule has 0 spiro atoms. The second kappa shape index (κ2) is 7.60. The van der Waals surface area contributed by atoms with E-state index in [1.165, 1.54) is 16.0 Å². The van der Waals surface area contributed by atoms with Crippen LogP contribution in [0.1, 0.15) is 21.5 Å². The van der Waals surface area contributed by atoms with E-state index in [9.17, 15) is 9.59 Å². The molecule has 0 fully saturated rings. The zero-order valence-electron chi connectivity index (χ0n) is 15.7. The second-order valence-corrected chi connectivity index (χ2v) is 7.67. The molecule has 150 valence electrons. The van der Waals surface area contributed by atoms with Crippen molar-refractivity contribution in [2.45, 2.75) is 13.1 Å². The average molecular weight is 420 g/mol. The largest absolute Gasteiger partial charge is 0.454 e. The van der Waals surface area contributed by atoms with Crippen LogP contribution in [0.5, 0.6) is 11.5 Å². The maximum Gasteiger partial charge on any atom is 0.288 e. The quantitative estimate of drug-likeness (QED) is 0.533. The van der Waals surface area contributed by atoms with Gasteiger partial charge in [-0.3, -0.25) is 9.59 Å². The highest BCUT2D eigenvalue weighted by Crippen LogP contribution is 2.32. The van der Waals surface area contributed by atoms with Crippen LogP contribution >= 0.6 is 11.3 Å². The number of nitrogens with zero attached hydrogens (tertiary/aromatic N) is 3. The van der Waals surface area contributed by atoms with Crippen molar-refractivity contribution in [1.82, 2.24) is 20.3 Å². The van der Waals surface area contributed by atoms with Gasteiger partial charge >= 0.3 is 0 Å². The van der Waals surface area contributed by atoms with Crippen LogP contribution in [0.2, 0.25) is 0 Å². The molecule has 0 atom stereocenters. The lowest BCUT2D eigenvalue weighted by molar-refractivity contribution is 0.0951. The molecule has 2 aromatic carbocycles. The molecule has 0 saturated heterocycles. The van der Waals surface area contributed by atoms with Gasteiger partial charge in [0.1, 0.15) is 10.2 Å². The molecule has 0 bridgehead atoms. The van der Waals surface area contributed by atoms with Gasteiger partial charge in [-0.1, -0.05) is 23.4 Å². The molecule has 1 N–H and O–H groups in total. The van der Waals surface area contributed by atoms with Crippen molar-refractivity contribution < 1.29 is 14.3 Å². The van der Waals surface area contributed by atoms with E-state index in [2.05, 4.69) is 15.6 Å². The van der Waals surface area contributed by atoms with Gasteiger partial charge in [0.05, 0.1) is 6.54 Å². The number of hydrogen-bond acceptors (Lipinski definition) is 7. The number of fused-ring (bicyclic) bond motifs is 2. The Labute approximate surface area is 174 Å². The fourth-order valence-corrected chi connectivity index (χ4v) is 3.94. The molecule has 0 unspecified atom stereocenters. The van der Waals surface area contributed by atoms with E-state index in [1.54, 1.807) is 18.2 Å². The van der Waals surface area contributed by atoms with Gasteiger partial charge in [-0.15, -0.1) is 16.4 Å². The summed E-state index contributed by atoms with van der Waals surface area (Å²) in [7, 11) is 0. The zero-order chi connectivity index (χ0) is 20.5. The van der Waals surface area contributed by atoms with Crippen molar-refractivity contribution in [2.75, 3.05) is 6.79 Å². The van der Waals surface area contributed by atoms with Crippen molar-refractivity contribution in [2.24, 2.45) is 0 Å². The number of ether oxygens (including phenoxy) is 2. The summed E-state index contributed by atoms with van der Waals surface area (Å²) in [5, 5.41) is 12.8. The highest BCUT2D eigenvalue weighted by atomic mass is 32.1. The average Bonchev–Trinajstić information content (AvgIpc) is 3.44. The van der Waals surface area contributed by atoms with Gasteiger partial charge in [-0.05, 0) is 46.8 Å². The van der Waals surface area contributed by atoms with Gasteiger partial charge < -0.3 is 14.8 Å². The fraction of sp³-hybridized carbons (Fsp3) is 0.143. The summed E-state index contributed by atoms with van der Waals surface area (Å²) >= 11 is 1.35. The number of thiophene rings is 1. The Hall–Kier alpha value is -3.72. The third kappa shape index (κ3) is 3.50. The van der Waals surface area contributed by atoms with Gasteiger partial charge in [0.15, 0.2) is 11.5 Å². The van der Waals surface area contributed by atoms with Gasteiger partial charge in [0, 0.05) is 12.1 Å². The molecule has 1 amide bonds. The van der Waals surface area contributed by atoms with Crippen LogP contribution in [-0.4, -0.2) is 27.7 Å². The smallest absolute Gasteiger partial charge is 0.288 e. The number of aromatic nitrogens is 3. The summed E-state index contributed by atoms with van der Waals surface area (Å²) in [4.78, 5) is 24.9. The van der Waals surface area contributed by atoms with E-state index < -0.39 is 0 Å². The van der Waals surface area contributed by atoms with Crippen molar-refractivity contribution in [3.05, 3.63) is 81.0 Å². The first-order chi connectivity index (χ1) is 14.7. The maximum absolute atomic E-state index is 12.4. The van der Waals surface area contributed by atoms with Crippen molar-refractivity contribution in [3.8, 4) is 11.5 Å². The summed E-state index contributed by atoms with van der Waals surface area (Å²) in [6.45, 7) is 0.887. The number of rotatable bonds is 5. The Morgan fingerprint density at radius 1 is 1.07 bits per heavy atom. The first-order valence-electron chi connectivity index (χ1n) is 9.24. The lowest BCUT2D eigenvalue weighted by Crippen LogP contribution is -2.24. The van der Waals surface area contributed by atoms with Gasteiger partial charge in [0.25, 0.3) is 11.5 Å². The standard InChI is InChI=1S/C21H16N4O4S/c26-20(22-10-14-3-6-17-18(9-14)29-12-28-17)15-4-1-13(2-5-15)11-25-21(27)19-16(23-24-25)7-8-30-19/h1-9H,10-12H2,(H,22,26). The summed E-state index contributed by atoms with van der Waals surface area (Å²) < 4.78 is 12.6. The summed E-state index contributed by atoms with van der Waals surface area (Å²) in [5.41, 5.74) is 2.75. The highest BCUT2D eigenvalue weighted by Gasteiger charge is 2.14. The fourth-order valence-electron chi connectivity index (χ4n) is 3.17. The Balaban J connectivity index is 1.24. The SMILES string of the molecule is O=C(NCc1ccc2c(c1)OCO2)c1ccc(Cn2nnc3ccsc3c2=O)cc1. The van der Waals surface area contributed by atoms with Gasteiger partial charge in [-0.2, -0.15) is 0 Å². The molecule has 1 aliphatic heterocycles. The Morgan fingerprint density at radius 3 is 2.73 bits per heavy atom. The van der Waals surface area contributed by atoms with Crippen molar-refractivity contribution in [1.29, 1.82) is 0 Å². The molecule has 0 aliphatic carbocycles. The number of amides is 1. The van der Waals surface area contributed by atoms with E-state index in [0.717, 1.165) is 11.1 Å². The third-order valence-electron chi connectivity index (χ3n) is 4.77. The molecule has 1 aliphatic rings. The monoisotopic (exact) mass is 420 g/mol. The molecule has 2 aromatic heterocycles. The summed E-state index contributed by atoms with van der Waals surface area (Å²) in [6.07, 6.45) is 0. The van der Waals surface area contributed by atoms with Crippen LogP contribution < -0.4 is 20.3 Å². The predicted octanol–water partition coefficient (Wildman–Crippen LogP) is 2.56. The van der Waals surface area contributed by atoms with E-state index in [4.69, 9.17) is 9.47 Å². The van der Waals surface area contributed by atoms with Crippen LogP contribution in [0.4, 0.5) is 0 Å². The topological polar surface area (TPSA) is 95.3 Å².